The quantitative estimate of drug-likeness (QED) is 0.441. The molecular formula is C13H22. The van der Waals surface area contributed by atoms with Gasteiger partial charge in [-0.1, -0.05) is 49.3 Å². The second-order valence-electron chi connectivity index (χ2n) is 4.11. The van der Waals surface area contributed by atoms with Gasteiger partial charge < -0.3 is 0 Å². The zero-order valence-electron chi connectivity index (χ0n) is 9.86. The topological polar surface area (TPSA) is 0 Å². The van der Waals surface area contributed by atoms with Crippen LogP contribution in [-0.4, -0.2) is 0 Å². The number of allylic oxidation sites excluding steroid dienone is 5. The zero-order chi connectivity index (χ0) is 10.6. The van der Waals surface area contributed by atoms with Crippen LogP contribution in [0.1, 0.15) is 41.5 Å². The Bertz CT molecular complexity index is 249. The van der Waals surface area contributed by atoms with Gasteiger partial charge in [-0.2, -0.15) is 0 Å². The van der Waals surface area contributed by atoms with Crippen LogP contribution < -0.4 is 0 Å². The van der Waals surface area contributed by atoms with Gasteiger partial charge in [0.1, 0.15) is 0 Å². The molecule has 0 radical (unpaired) electrons. The monoisotopic (exact) mass is 178 g/mol. The molecule has 0 bridgehead atoms. The molecule has 0 N–H and O–H groups in total. The van der Waals surface area contributed by atoms with Gasteiger partial charge in [0.15, 0.2) is 0 Å². The largest absolute Gasteiger partial charge is 0.0988 e. The summed E-state index contributed by atoms with van der Waals surface area (Å²) in [5, 5.41) is 0. The highest BCUT2D eigenvalue weighted by Crippen LogP contribution is 2.35. The van der Waals surface area contributed by atoms with E-state index in [0.29, 0.717) is 0 Å². The number of rotatable bonds is 3. The van der Waals surface area contributed by atoms with Crippen molar-refractivity contribution in [1.82, 2.24) is 0 Å². The van der Waals surface area contributed by atoms with Crippen LogP contribution >= 0.6 is 0 Å². The van der Waals surface area contributed by atoms with Crippen LogP contribution in [0.15, 0.2) is 35.5 Å². The highest BCUT2D eigenvalue weighted by molar-refractivity contribution is 5.32. The molecule has 0 rings (SSSR count). The van der Waals surface area contributed by atoms with E-state index in [0.717, 1.165) is 0 Å². The summed E-state index contributed by atoms with van der Waals surface area (Å²) in [7, 11) is 0. The van der Waals surface area contributed by atoms with Crippen molar-refractivity contribution >= 4 is 0 Å². The summed E-state index contributed by atoms with van der Waals surface area (Å²) in [4.78, 5) is 0. The number of hydrogen-bond acceptors (Lipinski definition) is 0. The van der Waals surface area contributed by atoms with E-state index in [9.17, 15) is 0 Å². The lowest BCUT2D eigenvalue weighted by Crippen LogP contribution is -2.15. The van der Waals surface area contributed by atoms with Crippen LogP contribution in [0, 0.1) is 5.41 Å². The maximum Gasteiger partial charge on any atom is 0.00640 e. The Hall–Kier alpha value is -0.780. The molecule has 0 aromatic rings. The van der Waals surface area contributed by atoms with Crippen molar-refractivity contribution in [1.29, 1.82) is 0 Å². The van der Waals surface area contributed by atoms with Gasteiger partial charge in [-0.25, -0.2) is 0 Å². The lowest BCUT2D eigenvalue weighted by molar-refractivity contribution is 0.533. The van der Waals surface area contributed by atoms with E-state index in [-0.39, 0.29) is 5.41 Å². The molecule has 0 aromatic heterocycles. The Morgan fingerprint density at radius 2 is 1.62 bits per heavy atom. The summed E-state index contributed by atoms with van der Waals surface area (Å²) in [5.41, 5.74) is 4.25. The first-order valence-corrected chi connectivity index (χ1v) is 4.81. The van der Waals surface area contributed by atoms with Crippen LogP contribution in [0.3, 0.4) is 0 Å². The fourth-order valence-electron chi connectivity index (χ4n) is 1.30. The summed E-state index contributed by atoms with van der Waals surface area (Å²) in [6.07, 6.45) is 4.11. The SMILES string of the molecule is C=C/C(C)=C(\C)C(C)(C)C(C)=CC. The van der Waals surface area contributed by atoms with E-state index in [1.54, 1.807) is 0 Å². The van der Waals surface area contributed by atoms with Gasteiger partial charge in [-0.3, -0.25) is 0 Å². The minimum Gasteiger partial charge on any atom is -0.0988 e. The Morgan fingerprint density at radius 1 is 1.15 bits per heavy atom. The molecule has 0 spiro atoms. The first-order valence-electron chi connectivity index (χ1n) is 4.81. The van der Waals surface area contributed by atoms with Gasteiger partial charge in [0, 0.05) is 5.41 Å². The van der Waals surface area contributed by atoms with E-state index in [4.69, 9.17) is 0 Å². The van der Waals surface area contributed by atoms with Crippen LogP contribution in [0.4, 0.5) is 0 Å². The molecule has 0 heterocycles. The van der Waals surface area contributed by atoms with Crippen LogP contribution in [0.25, 0.3) is 0 Å². The highest BCUT2D eigenvalue weighted by atomic mass is 14.3. The fraction of sp³-hybridized carbons (Fsp3) is 0.538. The summed E-state index contributed by atoms with van der Waals surface area (Å²) < 4.78 is 0. The minimum atomic E-state index is 0.160. The standard InChI is InChI=1S/C13H22/c1-8-10(3)12(5)13(6,7)11(4)9-2/h8-9H,1H2,2-7H3/b11-9?,12-10+. The van der Waals surface area contributed by atoms with Crippen LogP contribution in [0.5, 0.6) is 0 Å². The second-order valence-corrected chi connectivity index (χ2v) is 4.11. The molecule has 0 saturated heterocycles. The molecule has 0 aliphatic carbocycles. The summed E-state index contributed by atoms with van der Waals surface area (Å²) in [6, 6.07) is 0. The smallest absolute Gasteiger partial charge is 0.00640 e. The molecule has 74 valence electrons. The Kier molecular flexibility index (Phi) is 4.19. The van der Waals surface area contributed by atoms with Crippen molar-refractivity contribution in [2.24, 2.45) is 5.41 Å². The first kappa shape index (κ1) is 12.2. The van der Waals surface area contributed by atoms with E-state index in [2.05, 4.69) is 54.2 Å². The lowest BCUT2D eigenvalue weighted by Gasteiger charge is -2.28. The lowest BCUT2D eigenvalue weighted by atomic mass is 9.76. The average molecular weight is 178 g/mol. The van der Waals surface area contributed by atoms with E-state index in [1.807, 2.05) is 6.08 Å². The predicted octanol–water partition coefficient (Wildman–Crippen LogP) is 4.50. The molecule has 0 aliphatic rings. The normalized spacial score (nSPS) is 15.4. The molecule has 0 fully saturated rings. The first-order chi connectivity index (χ1) is 5.87. The van der Waals surface area contributed by atoms with Crippen molar-refractivity contribution in [3.8, 4) is 0 Å². The van der Waals surface area contributed by atoms with Gasteiger partial charge in [0.2, 0.25) is 0 Å². The Labute approximate surface area is 83.0 Å². The van der Waals surface area contributed by atoms with Gasteiger partial charge in [-0.05, 0) is 27.7 Å². The summed E-state index contributed by atoms with van der Waals surface area (Å²) in [6.45, 7) is 16.9. The van der Waals surface area contributed by atoms with Crippen molar-refractivity contribution in [2.75, 3.05) is 0 Å². The molecule has 0 amide bonds. The maximum absolute atomic E-state index is 3.80. The van der Waals surface area contributed by atoms with Gasteiger partial charge in [0.05, 0.1) is 0 Å². The van der Waals surface area contributed by atoms with Gasteiger partial charge >= 0.3 is 0 Å². The van der Waals surface area contributed by atoms with Gasteiger partial charge in [-0.15, -0.1) is 0 Å². The highest BCUT2D eigenvalue weighted by Gasteiger charge is 2.22. The predicted molar refractivity (Wildman–Crippen MR) is 61.8 cm³/mol. The zero-order valence-corrected chi connectivity index (χ0v) is 9.86. The third kappa shape index (κ3) is 2.58. The fourth-order valence-corrected chi connectivity index (χ4v) is 1.30. The Balaban J connectivity index is 5.17. The molecule has 13 heavy (non-hydrogen) atoms. The van der Waals surface area contributed by atoms with Crippen molar-refractivity contribution in [3.05, 3.63) is 35.5 Å². The van der Waals surface area contributed by atoms with Crippen molar-refractivity contribution in [2.45, 2.75) is 41.5 Å². The molecule has 0 aliphatic heterocycles. The Morgan fingerprint density at radius 3 is 1.92 bits per heavy atom. The molecule has 0 unspecified atom stereocenters. The minimum absolute atomic E-state index is 0.160. The molecular weight excluding hydrogens is 156 g/mol. The van der Waals surface area contributed by atoms with E-state index >= 15 is 0 Å². The number of hydrogen-bond donors (Lipinski definition) is 0. The molecule has 0 atom stereocenters. The van der Waals surface area contributed by atoms with E-state index in [1.165, 1.54) is 16.7 Å². The molecule has 0 heteroatoms. The summed E-state index contributed by atoms with van der Waals surface area (Å²) in [5.74, 6) is 0. The van der Waals surface area contributed by atoms with Crippen molar-refractivity contribution in [3.63, 3.8) is 0 Å². The van der Waals surface area contributed by atoms with Crippen LogP contribution in [-0.2, 0) is 0 Å². The summed E-state index contributed by atoms with van der Waals surface area (Å²) >= 11 is 0. The van der Waals surface area contributed by atoms with Crippen molar-refractivity contribution < 1.29 is 0 Å². The average Bonchev–Trinajstić information content (AvgIpc) is 2.13. The van der Waals surface area contributed by atoms with E-state index < -0.39 is 0 Å². The molecule has 0 saturated carbocycles. The molecule has 0 aromatic carbocycles. The third-order valence-corrected chi connectivity index (χ3v) is 3.25. The third-order valence-electron chi connectivity index (χ3n) is 3.25. The van der Waals surface area contributed by atoms with Crippen LogP contribution in [0.2, 0.25) is 0 Å². The van der Waals surface area contributed by atoms with Gasteiger partial charge in [0.25, 0.3) is 0 Å². The molecule has 0 nitrogen and oxygen atoms in total. The second kappa shape index (κ2) is 4.45. The maximum atomic E-state index is 3.80.